The molecule has 0 spiro atoms. The van der Waals surface area contributed by atoms with E-state index in [1.807, 2.05) is 0 Å². The molecule has 0 aliphatic heterocycles. The lowest BCUT2D eigenvalue weighted by Crippen LogP contribution is -2.18. The van der Waals surface area contributed by atoms with E-state index in [4.69, 9.17) is 0 Å². The zero-order valence-electron chi connectivity index (χ0n) is 7.71. The first kappa shape index (κ1) is 11.0. The molecule has 1 rings (SSSR count). The van der Waals surface area contributed by atoms with Crippen LogP contribution in [0.25, 0.3) is 0 Å². The maximum absolute atomic E-state index is 11.9. The molecule has 0 fully saturated rings. The summed E-state index contributed by atoms with van der Waals surface area (Å²) in [5.41, 5.74) is -1.16. The van der Waals surface area contributed by atoms with Gasteiger partial charge in [0.1, 0.15) is 17.8 Å². The maximum atomic E-state index is 11.9. The molecule has 4 nitrogen and oxygen atoms in total. The Kier molecular flexibility index (Phi) is 2.53. The van der Waals surface area contributed by atoms with E-state index in [9.17, 15) is 18.3 Å². The first-order valence-corrected chi connectivity index (χ1v) is 3.88. The molecular weight excluding hydrogens is 199 g/mol. The highest BCUT2D eigenvalue weighted by Crippen LogP contribution is 2.19. The minimum atomic E-state index is -4.33. The van der Waals surface area contributed by atoms with Gasteiger partial charge >= 0.3 is 6.18 Å². The Hall–Kier alpha value is -1.11. The van der Waals surface area contributed by atoms with Crippen molar-refractivity contribution < 1.29 is 18.3 Å². The number of aliphatic hydroxyl groups is 1. The van der Waals surface area contributed by atoms with Gasteiger partial charge in [-0.25, -0.2) is 4.68 Å². The summed E-state index contributed by atoms with van der Waals surface area (Å²) in [5.74, 6) is 0. The lowest BCUT2D eigenvalue weighted by molar-refractivity contribution is -0.142. The molecular formula is C7H10F3N3O. The third-order valence-corrected chi connectivity index (χ3v) is 1.51. The molecule has 14 heavy (non-hydrogen) atoms. The smallest absolute Gasteiger partial charge is 0.384 e. The lowest BCUT2D eigenvalue weighted by Gasteiger charge is -2.11. The van der Waals surface area contributed by atoms with E-state index < -0.39 is 18.3 Å². The molecule has 7 heteroatoms. The third-order valence-electron chi connectivity index (χ3n) is 1.51. The van der Waals surface area contributed by atoms with Gasteiger partial charge in [-0.05, 0) is 13.8 Å². The second-order valence-electron chi connectivity index (χ2n) is 3.48. The molecule has 0 aliphatic carbocycles. The molecule has 0 atom stereocenters. The molecule has 0 bridgehead atoms. The molecule has 0 aliphatic rings. The third kappa shape index (κ3) is 2.99. The van der Waals surface area contributed by atoms with Crippen LogP contribution in [-0.4, -0.2) is 26.3 Å². The van der Waals surface area contributed by atoms with Crippen molar-refractivity contribution in [2.45, 2.75) is 32.2 Å². The highest BCUT2D eigenvalue weighted by Gasteiger charge is 2.29. The number of aromatic nitrogens is 3. The van der Waals surface area contributed by atoms with E-state index in [-0.39, 0.29) is 5.69 Å². The predicted molar refractivity (Wildman–Crippen MR) is 41.3 cm³/mol. The highest BCUT2D eigenvalue weighted by molar-refractivity contribution is 5.02. The van der Waals surface area contributed by atoms with Crippen LogP contribution in [0.2, 0.25) is 0 Å². The molecule has 0 radical (unpaired) electrons. The Labute approximate surface area is 78.3 Å². The number of halogens is 3. The van der Waals surface area contributed by atoms with Gasteiger partial charge in [0.2, 0.25) is 0 Å². The SMILES string of the molecule is CC(C)(O)c1cn(CC(F)(F)F)nn1. The van der Waals surface area contributed by atoms with Crippen LogP contribution in [0.4, 0.5) is 13.2 Å². The number of rotatable bonds is 2. The zero-order chi connectivity index (χ0) is 11.0. The van der Waals surface area contributed by atoms with Gasteiger partial charge in [0.15, 0.2) is 0 Å². The van der Waals surface area contributed by atoms with Crippen molar-refractivity contribution in [3.05, 3.63) is 11.9 Å². The maximum Gasteiger partial charge on any atom is 0.408 e. The molecule has 1 heterocycles. The Morgan fingerprint density at radius 2 is 2.00 bits per heavy atom. The summed E-state index contributed by atoms with van der Waals surface area (Å²) in [6.45, 7) is 1.65. The summed E-state index contributed by atoms with van der Waals surface area (Å²) in [7, 11) is 0. The Morgan fingerprint density at radius 3 is 2.36 bits per heavy atom. The molecule has 0 saturated carbocycles. The van der Waals surface area contributed by atoms with Gasteiger partial charge in [-0.1, -0.05) is 5.21 Å². The summed E-state index contributed by atoms with van der Waals surface area (Å²) < 4.78 is 36.3. The van der Waals surface area contributed by atoms with Crippen molar-refractivity contribution in [2.75, 3.05) is 0 Å². The molecule has 1 aromatic heterocycles. The fourth-order valence-electron chi connectivity index (χ4n) is 0.840. The van der Waals surface area contributed by atoms with E-state index in [2.05, 4.69) is 10.3 Å². The van der Waals surface area contributed by atoms with Crippen LogP contribution >= 0.6 is 0 Å². The summed E-state index contributed by atoms with van der Waals surface area (Å²) in [6, 6.07) is 0. The minimum Gasteiger partial charge on any atom is -0.384 e. The van der Waals surface area contributed by atoms with Crippen LogP contribution in [0.5, 0.6) is 0 Å². The van der Waals surface area contributed by atoms with Crippen molar-refractivity contribution >= 4 is 0 Å². The first-order chi connectivity index (χ1) is 6.18. The monoisotopic (exact) mass is 209 g/mol. The van der Waals surface area contributed by atoms with Gasteiger partial charge in [0, 0.05) is 0 Å². The van der Waals surface area contributed by atoms with Crippen molar-refractivity contribution in [3.63, 3.8) is 0 Å². The van der Waals surface area contributed by atoms with Crippen molar-refractivity contribution in [3.8, 4) is 0 Å². The molecule has 0 amide bonds. The van der Waals surface area contributed by atoms with Gasteiger partial charge in [-0.2, -0.15) is 13.2 Å². The van der Waals surface area contributed by atoms with Crippen molar-refractivity contribution in [2.24, 2.45) is 0 Å². The molecule has 0 unspecified atom stereocenters. The highest BCUT2D eigenvalue weighted by atomic mass is 19.4. The first-order valence-electron chi connectivity index (χ1n) is 3.88. The van der Waals surface area contributed by atoms with E-state index in [0.29, 0.717) is 4.68 Å². The average molecular weight is 209 g/mol. The van der Waals surface area contributed by atoms with Gasteiger partial charge in [-0.3, -0.25) is 0 Å². The summed E-state index contributed by atoms with van der Waals surface area (Å²) in [4.78, 5) is 0. The molecule has 1 aromatic rings. The van der Waals surface area contributed by atoms with Gasteiger partial charge in [0.25, 0.3) is 0 Å². The second kappa shape index (κ2) is 3.23. The summed E-state index contributed by atoms with van der Waals surface area (Å²) >= 11 is 0. The topological polar surface area (TPSA) is 50.9 Å². The molecule has 1 N–H and O–H groups in total. The number of hydrogen-bond acceptors (Lipinski definition) is 3. The van der Waals surface area contributed by atoms with E-state index in [0.717, 1.165) is 6.20 Å². The van der Waals surface area contributed by atoms with Crippen LogP contribution in [0, 0.1) is 0 Å². The number of nitrogens with zero attached hydrogens (tertiary/aromatic N) is 3. The number of alkyl halides is 3. The minimum absolute atomic E-state index is 0.113. The largest absolute Gasteiger partial charge is 0.408 e. The quantitative estimate of drug-likeness (QED) is 0.792. The van der Waals surface area contributed by atoms with Crippen molar-refractivity contribution in [1.82, 2.24) is 15.0 Å². The average Bonchev–Trinajstić information content (AvgIpc) is 2.29. The lowest BCUT2D eigenvalue weighted by atomic mass is 10.1. The van der Waals surface area contributed by atoms with Crippen LogP contribution in [0.3, 0.4) is 0 Å². The van der Waals surface area contributed by atoms with E-state index >= 15 is 0 Å². The number of hydrogen-bond donors (Lipinski definition) is 1. The predicted octanol–water partition coefficient (Wildman–Crippen LogP) is 1.07. The Balaban J connectivity index is 2.79. The van der Waals surface area contributed by atoms with Gasteiger partial charge in [0.05, 0.1) is 6.20 Å². The van der Waals surface area contributed by atoms with E-state index in [1.54, 1.807) is 0 Å². The normalized spacial score (nSPS) is 13.3. The van der Waals surface area contributed by atoms with Gasteiger partial charge in [-0.15, -0.1) is 5.10 Å². The van der Waals surface area contributed by atoms with Crippen molar-refractivity contribution in [1.29, 1.82) is 0 Å². The second-order valence-corrected chi connectivity index (χ2v) is 3.48. The standard InChI is InChI=1S/C7H10F3N3O/c1-6(2,14)5-3-13(12-11-5)4-7(8,9)10/h3,14H,4H2,1-2H3. The Bertz CT molecular complexity index is 313. The zero-order valence-corrected chi connectivity index (χ0v) is 7.71. The fraction of sp³-hybridized carbons (Fsp3) is 0.714. The van der Waals surface area contributed by atoms with Gasteiger partial charge < -0.3 is 5.11 Å². The molecule has 0 saturated heterocycles. The molecule has 80 valence electrons. The Morgan fingerprint density at radius 1 is 1.43 bits per heavy atom. The van der Waals surface area contributed by atoms with Crippen LogP contribution in [0.1, 0.15) is 19.5 Å². The summed E-state index contributed by atoms with van der Waals surface area (Å²) in [5, 5.41) is 16.1. The van der Waals surface area contributed by atoms with Crippen LogP contribution < -0.4 is 0 Å². The summed E-state index contributed by atoms with van der Waals surface area (Å²) in [6.07, 6.45) is -3.25. The fourth-order valence-corrected chi connectivity index (χ4v) is 0.840. The van der Waals surface area contributed by atoms with Crippen LogP contribution in [-0.2, 0) is 12.1 Å². The van der Waals surface area contributed by atoms with E-state index in [1.165, 1.54) is 13.8 Å². The van der Waals surface area contributed by atoms with Crippen LogP contribution in [0.15, 0.2) is 6.20 Å². The molecule has 0 aromatic carbocycles.